The van der Waals surface area contributed by atoms with Crippen LogP contribution in [0.1, 0.15) is 111 Å². The second kappa shape index (κ2) is 21.7. The molecule has 7 nitrogen and oxygen atoms in total. The van der Waals surface area contributed by atoms with E-state index in [0.717, 1.165) is 13.0 Å². The van der Waals surface area contributed by atoms with Crippen LogP contribution in [-0.2, 0) is 14.0 Å². The molecule has 0 saturated carbocycles. The minimum Gasteiger partial charge on any atom is -0.368 e. The Kier molecular flexibility index (Phi) is 23.4. The predicted molar refractivity (Wildman–Crippen MR) is 113 cm³/mol. The summed E-state index contributed by atoms with van der Waals surface area (Å²) in [6, 6.07) is 0. The zero-order chi connectivity index (χ0) is 21.7. The Morgan fingerprint density at radius 3 is 1.36 bits per heavy atom. The quantitative estimate of drug-likeness (QED) is 0.134. The highest BCUT2D eigenvalue weighted by molar-refractivity contribution is 7.45. The van der Waals surface area contributed by atoms with Gasteiger partial charge in [-0.05, 0) is 20.3 Å². The molecule has 0 amide bonds. The Hall–Kier alpha value is -0.0100. The first kappa shape index (κ1) is 30.2. The molecule has 0 aliphatic carbocycles. The highest BCUT2D eigenvalue weighted by Gasteiger charge is 2.04. The Morgan fingerprint density at radius 2 is 1.04 bits per heavy atom. The van der Waals surface area contributed by atoms with E-state index < -0.39 is 14.1 Å². The van der Waals surface area contributed by atoms with Gasteiger partial charge in [0, 0.05) is 6.61 Å². The van der Waals surface area contributed by atoms with Crippen LogP contribution in [0.25, 0.3) is 0 Å². The number of hydrogen-bond acceptors (Lipinski definition) is 4. The molecule has 4 N–H and O–H groups in total. The lowest BCUT2D eigenvalue weighted by molar-refractivity contribution is -0.213. The van der Waals surface area contributed by atoms with Gasteiger partial charge in [-0.1, -0.05) is 90.4 Å². The Labute approximate surface area is 172 Å². The molecule has 172 valence electrons. The summed E-state index contributed by atoms with van der Waals surface area (Å²) in [5, 5.41) is 9.05. The third-order valence-corrected chi connectivity index (χ3v) is 4.24. The molecule has 8 heteroatoms. The Morgan fingerprint density at radius 1 is 0.714 bits per heavy atom. The molecule has 0 aromatic heterocycles. The van der Waals surface area contributed by atoms with Crippen molar-refractivity contribution >= 4 is 7.82 Å². The van der Waals surface area contributed by atoms with E-state index >= 15 is 0 Å². The molecule has 0 heterocycles. The number of aliphatic hydroxyl groups excluding tert-OH is 1. The minimum atomic E-state index is -4.64. The zero-order valence-electron chi connectivity index (χ0n) is 18.2. The average Bonchev–Trinajstić information content (AvgIpc) is 2.56. The van der Waals surface area contributed by atoms with E-state index in [1.54, 1.807) is 6.92 Å². The van der Waals surface area contributed by atoms with Crippen LogP contribution in [0.4, 0.5) is 0 Å². The molecule has 0 fully saturated rings. The van der Waals surface area contributed by atoms with Crippen LogP contribution in [0.3, 0.4) is 0 Å². The van der Waals surface area contributed by atoms with Crippen molar-refractivity contribution in [3.05, 3.63) is 0 Å². The summed E-state index contributed by atoms with van der Waals surface area (Å²) in [5.41, 5.74) is 0. The van der Waals surface area contributed by atoms with Gasteiger partial charge in [-0.2, -0.15) is 0 Å². The van der Waals surface area contributed by atoms with Crippen molar-refractivity contribution in [2.75, 3.05) is 6.61 Å². The van der Waals surface area contributed by atoms with Gasteiger partial charge in [0.1, 0.15) is 0 Å². The number of rotatable bonds is 18. The van der Waals surface area contributed by atoms with Gasteiger partial charge in [0.25, 0.3) is 0 Å². The lowest BCUT2D eigenvalue weighted by atomic mass is 10.0. The van der Waals surface area contributed by atoms with E-state index in [2.05, 4.69) is 6.92 Å². The van der Waals surface area contributed by atoms with Crippen LogP contribution in [0.5, 0.6) is 0 Å². The smallest absolute Gasteiger partial charge is 0.368 e. The SMILES string of the molecule is CCCCCCCCCCCCCCCCOC(C)OC(C)O.O=P(O)(O)O. The largest absolute Gasteiger partial charge is 0.466 e. The first-order valence-corrected chi connectivity index (χ1v) is 12.5. The maximum absolute atomic E-state index is 9.05. The van der Waals surface area contributed by atoms with Gasteiger partial charge < -0.3 is 29.3 Å². The number of unbranched alkanes of at least 4 members (excludes halogenated alkanes) is 13. The number of hydrogen-bond donors (Lipinski definition) is 4. The van der Waals surface area contributed by atoms with Gasteiger partial charge in [0.15, 0.2) is 12.6 Å². The Bertz CT molecular complexity index is 339. The molecule has 0 bridgehead atoms. The third kappa shape index (κ3) is 36.8. The van der Waals surface area contributed by atoms with Crippen LogP contribution in [-0.4, -0.2) is 39.0 Å². The third-order valence-electron chi connectivity index (χ3n) is 4.24. The van der Waals surface area contributed by atoms with Gasteiger partial charge in [-0.3, -0.25) is 0 Å². The summed E-state index contributed by atoms with van der Waals surface area (Å²) >= 11 is 0. The molecule has 28 heavy (non-hydrogen) atoms. The highest BCUT2D eigenvalue weighted by Crippen LogP contribution is 2.25. The van der Waals surface area contributed by atoms with E-state index in [-0.39, 0.29) is 6.29 Å². The summed E-state index contributed by atoms with van der Waals surface area (Å²) in [6.07, 6.45) is 18.1. The number of aliphatic hydroxyl groups is 1. The second-order valence-corrected chi connectivity index (χ2v) is 8.31. The van der Waals surface area contributed by atoms with Crippen molar-refractivity contribution in [2.24, 2.45) is 0 Å². The average molecular weight is 429 g/mol. The second-order valence-electron chi connectivity index (χ2n) is 7.28. The number of phosphoric acid groups is 1. The molecule has 2 atom stereocenters. The molecule has 0 aliphatic rings. The Balaban J connectivity index is 0. The molecule has 0 saturated heterocycles. The molecule has 0 rings (SSSR count). The van der Waals surface area contributed by atoms with E-state index in [0.29, 0.717) is 0 Å². The summed E-state index contributed by atoms with van der Waals surface area (Å²) in [5.74, 6) is 0. The normalized spacial score (nSPS) is 13.7. The fourth-order valence-electron chi connectivity index (χ4n) is 2.86. The summed E-state index contributed by atoms with van der Waals surface area (Å²) in [4.78, 5) is 21.6. The fraction of sp³-hybridized carbons (Fsp3) is 1.00. The maximum Gasteiger partial charge on any atom is 0.466 e. The van der Waals surface area contributed by atoms with E-state index in [4.69, 9.17) is 33.8 Å². The van der Waals surface area contributed by atoms with Gasteiger partial charge in [-0.25, -0.2) is 4.57 Å². The molecule has 0 spiro atoms. The minimum absolute atomic E-state index is 0.308. The van der Waals surface area contributed by atoms with Gasteiger partial charge in [0.05, 0.1) is 0 Å². The van der Waals surface area contributed by atoms with Crippen molar-refractivity contribution in [3.63, 3.8) is 0 Å². The molecular formula is C20H45O7P. The van der Waals surface area contributed by atoms with Crippen LogP contribution in [0.15, 0.2) is 0 Å². The van der Waals surface area contributed by atoms with Crippen molar-refractivity contribution < 1.29 is 33.8 Å². The standard InChI is InChI=1S/C20H42O3.H3O4P/c1-4-5-6-7-8-9-10-11-12-13-14-15-16-17-18-22-20(3)23-19(2)21;1-5(2,3)4/h19-21H,4-18H2,1-3H3;(H3,1,2,3,4). The van der Waals surface area contributed by atoms with Crippen molar-refractivity contribution in [2.45, 2.75) is 123 Å². The van der Waals surface area contributed by atoms with Crippen LogP contribution < -0.4 is 0 Å². The highest BCUT2D eigenvalue weighted by atomic mass is 31.2. The van der Waals surface area contributed by atoms with Crippen LogP contribution >= 0.6 is 7.82 Å². The van der Waals surface area contributed by atoms with Crippen molar-refractivity contribution in [1.82, 2.24) is 0 Å². The van der Waals surface area contributed by atoms with E-state index in [1.807, 2.05) is 6.92 Å². The first-order valence-electron chi connectivity index (χ1n) is 10.9. The molecule has 0 aromatic rings. The monoisotopic (exact) mass is 428 g/mol. The topological polar surface area (TPSA) is 116 Å². The summed E-state index contributed by atoms with van der Waals surface area (Å²) < 4.78 is 19.5. The molecule has 0 aromatic carbocycles. The molecular weight excluding hydrogens is 383 g/mol. The van der Waals surface area contributed by atoms with Gasteiger partial charge in [-0.15, -0.1) is 0 Å². The molecule has 0 aliphatic heterocycles. The lowest BCUT2D eigenvalue weighted by Crippen LogP contribution is -2.19. The molecule has 0 radical (unpaired) electrons. The van der Waals surface area contributed by atoms with Crippen molar-refractivity contribution in [1.29, 1.82) is 0 Å². The number of ether oxygens (including phenoxy) is 2. The predicted octanol–water partition coefficient (Wildman–Crippen LogP) is 5.26. The van der Waals surface area contributed by atoms with Gasteiger partial charge in [0.2, 0.25) is 0 Å². The van der Waals surface area contributed by atoms with E-state index in [1.165, 1.54) is 83.5 Å². The molecule has 2 unspecified atom stereocenters. The summed E-state index contributed by atoms with van der Waals surface area (Å²) in [6.45, 7) is 6.44. The maximum atomic E-state index is 9.05. The fourth-order valence-corrected chi connectivity index (χ4v) is 2.86. The zero-order valence-corrected chi connectivity index (χ0v) is 19.1. The van der Waals surface area contributed by atoms with Gasteiger partial charge >= 0.3 is 7.82 Å². The van der Waals surface area contributed by atoms with E-state index in [9.17, 15) is 0 Å². The summed E-state index contributed by atoms with van der Waals surface area (Å²) in [7, 11) is -4.64. The first-order chi connectivity index (χ1) is 13.2. The van der Waals surface area contributed by atoms with Crippen molar-refractivity contribution in [3.8, 4) is 0 Å². The lowest BCUT2D eigenvalue weighted by Gasteiger charge is -2.15. The van der Waals surface area contributed by atoms with Crippen LogP contribution in [0, 0.1) is 0 Å². The van der Waals surface area contributed by atoms with Crippen LogP contribution in [0.2, 0.25) is 0 Å².